The molecule has 19 heavy (non-hydrogen) atoms. The van der Waals surface area contributed by atoms with Crippen LogP contribution in [0.3, 0.4) is 0 Å². The first kappa shape index (κ1) is 14.2. The highest BCUT2D eigenvalue weighted by atomic mass is 35.5. The fourth-order valence-electron chi connectivity index (χ4n) is 2.41. The highest BCUT2D eigenvalue weighted by Crippen LogP contribution is 2.24. The Bertz CT molecular complexity index is 477. The van der Waals surface area contributed by atoms with Gasteiger partial charge >= 0.3 is 0 Å². The molecule has 104 valence electrons. The minimum atomic E-state index is -0.104. The summed E-state index contributed by atoms with van der Waals surface area (Å²) < 4.78 is 0. The zero-order chi connectivity index (χ0) is 14.0. The molecule has 0 bridgehead atoms. The predicted octanol–water partition coefficient (Wildman–Crippen LogP) is 2.21. The minimum absolute atomic E-state index is 0.0638. The number of amides is 1. The van der Waals surface area contributed by atoms with Crippen molar-refractivity contribution < 1.29 is 9.90 Å². The number of phenols is 1. The molecular formula is C14H19ClN2O2. The molecule has 1 aromatic rings. The number of piperidine rings is 1. The molecule has 5 heteroatoms. The standard InChI is InChI=1S/C14H19ClN2O2/c1-16(2)10-4-3-7-17(9-10)14(19)12-8-11(18)5-6-13(12)15/h5-6,8,10,18H,3-4,7,9H2,1-2H3. The smallest absolute Gasteiger partial charge is 0.255 e. The van der Waals surface area contributed by atoms with Crippen molar-refractivity contribution in [3.8, 4) is 5.75 Å². The van der Waals surface area contributed by atoms with Gasteiger partial charge in [0.2, 0.25) is 0 Å². The fraction of sp³-hybridized carbons (Fsp3) is 0.500. The average molecular weight is 283 g/mol. The van der Waals surface area contributed by atoms with E-state index < -0.39 is 0 Å². The normalized spacial score (nSPS) is 19.8. The summed E-state index contributed by atoms with van der Waals surface area (Å²) in [7, 11) is 4.06. The van der Waals surface area contributed by atoms with E-state index >= 15 is 0 Å². The van der Waals surface area contributed by atoms with Crippen LogP contribution in [0.25, 0.3) is 0 Å². The quantitative estimate of drug-likeness (QED) is 0.904. The first-order valence-corrected chi connectivity index (χ1v) is 6.81. The number of hydrogen-bond donors (Lipinski definition) is 1. The summed E-state index contributed by atoms with van der Waals surface area (Å²) in [5, 5.41) is 9.87. The molecular weight excluding hydrogens is 264 g/mol. The van der Waals surface area contributed by atoms with E-state index in [1.807, 2.05) is 19.0 Å². The number of halogens is 1. The van der Waals surface area contributed by atoms with Crippen molar-refractivity contribution in [1.82, 2.24) is 9.80 Å². The third-order valence-electron chi connectivity index (χ3n) is 3.59. The molecule has 1 aliphatic rings. The third-order valence-corrected chi connectivity index (χ3v) is 3.92. The number of carbonyl (C=O) groups is 1. The summed E-state index contributed by atoms with van der Waals surface area (Å²) in [6, 6.07) is 4.85. The molecule has 0 saturated carbocycles. The summed E-state index contributed by atoms with van der Waals surface area (Å²) in [5.41, 5.74) is 0.376. The van der Waals surface area contributed by atoms with Gasteiger partial charge in [0.1, 0.15) is 5.75 Å². The van der Waals surface area contributed by atoms with Crippen molar-refractivity contribution in [1.29, 1.82) is 0 Å². The van der Waals surface area contributed by atoms with E-state index in [0.29, 0.717) is 23.2 Å². The third kappa shape index (κ3) is 3.19. The van der Waals surface area contributed by atoms with E-state index in [4.69, 9.17) is 11.6 Å². The molecule has 1 unspecified atom stereocenters. The number of hydrogen-bond acceptors (Lipinski definition) is 3. The van der Waals surface area contributed by atoms with Gasteiger partial charge in [0.05, 0.1) is 10.6 Å². The topological polar surface area (TPSA) is 43.8 Å². The zero-order valence-electron chi connectivity index (χ0n) is 11.3. The number of likely N-dealkylation sites (tertiary alicyclic amines) is 1. The van der Waals surface area contributed by atoms with Crippen LogP contribution in [0.2, 0.25) is 5.02 Å². The Balaban J connectivity index is 2.17. The number of rotatable bonds is 2. The van der Waals surface area contributed by atoms with Crippen LogP contribution in [-0.2, 0) is 0 Å². The molecule has 0 spiro atoms. The van der Waals surface area contributed by atoms with Crippen LogP contribution >= 0.6 is 11.6 Å². The van der Waals surface area contributed by atoms with Crippen molar-refractivity contribution in [3.05, 3.63) is 28.8 Å². The minimum Gasteiger partial charge on any atom is -0.508 e. The van der Waals surface area contributed by atoms with Gasteiger partial charge in [0.15, 0.2) is 0 Å². The largest absolute Gasteiger partial charge is 0.508 e. The summed E-state index contributed by atoms with van der Waals surface area (Å²) >= 11 is 6.04. The number of benzene rings is 1. The van der Waals surface area contributed by atoms with E-state index in [0.717, 1.165) is 19.4 Å². The van der Waals surface area contributed by atoms with Crippen LogP contribution < -0.4 is 0 Å². The van der Waals surface area contributed by atoms with Gasteiger partial charge in [-0.15, -0.1) is 0 Å². The van der Waals surface area contributed by atoms with Gasteiger partial charge in [0.25, 0.3) is 5.91 Å². The van der Waals surface area contributed by atoms with Crippen molar-refractivity contribution in [2.24, 2.45) is 0 Å². The molecule has 1 fully saturated rings. The molecule has 4 nitrogen and oxygen atoms in total. The average Bonchev–Trinajstić information content (AvgIpc) is 2.41. The van der Waals surface area contributed by atoms with E-state index in [2.05, 4.69) is 4.90 Å². The number of aromatic hydroxyl groups is 1. The molecule has 2 rings (SSSR count). The van der Waals surface area contributed by atoms with Gasteiger partial charge in [-0.3, -0.25) is 4.79 Å². The Labute approximate surface area is 118 Å². The van der Waals surface area contributed by atoms with Crippen molar-refractivity contribution in [2.75, 3.05) is 27.2 Å². The van der Waals surface area contributed by atoms with Gasteiger partial charge in [-0.05, 0) is 45.1 Å². The summed E-state index contributed by atoms with van der Waals surface area (Å²) in [4.78, 5) is 16.4. The molecule has 1 amide bonds. The van der Waals surface area contributed by atoms with Gasteiger partial charge in [-0.25, -0.2) is 0 Å². The maximum atomic E-state index is 12.5. The molecule has 1 heterocycles. The first-order chi connectivity index (χ1) is 8.99. The lowest BCUT2D eigenvalue weighted by Gasteiger charge is -2.36. The zero-order valence-corrected chi connectivity index (χ0v) is 12.0. The molecule has 0 aliphatic carbocycles. The van der Waals surface area contributed by atoms with E-state index in [1.54, 1.807) is 6.07 Å². The highest BCUT2D eigenvalue weighted by Gasteiger charge is 2.26. The molecule has 1 atom stereocenters. The lowest BCUT2D eigenvalue weighted by molar-refractivity contribution is 0.0635. The Kier molecular flexibility index (Phi) is 4.32. The lowest BCUT2D eigenvalue weighted by Crippen LogP contribution is -2.47. The number of phenolic OH excluding ortho intramolecular Hbond substituents is 1. The van der Waals surface area contributed by atoms with E-state index in [-0.39, 0.29) is 11.7 Å². The summed E-state index contributed by atoms with van der Waals surface area (Å²) in [6.45, 7) is 1.45. The second-order valence-corrected chi connectivity index (χ2v) is 5.58. The van der Waals surface area contributed by atoms with Crippen LogP contribution in [0.5, 0.6) is 5.75 Å². The SMILES string of the molecule is CN(C)C1CCCN(C(=O)c2cc(O)ccc2Cl)C1. The van der Waals surface area contributed by atoms with Gasteiger partial charge in [-0.1, -0.05) is 11.6 Å². The highest BCUT2D eigenvalue weighted by molar-refractivity contribution is 6.33. The van der Waals surface area contributed by atoms with E-state index in [1.165, 1.54) is 12.1 Å². The number of nitrogens with zero attached hydrogens (tertiary/aromatic N) is 2. The molecule has 1 N–H and O–H groups in total. The van der Waals surface area contributed by atoms with Crippen LogP contribution in [0, 0.1) is 0 Å². The maximum Gasteiger partial charge on any atom is 0.255 e. The number of carbonyl (C=O) groups excluding carboxylic acids is 1. The van der Waals surface area contributed by atoms with Gasteiger partial charge in [-0.2, -0.15) is 0 Å². The Hall–Kier alpha value is -1.26. The fourth-order valence-corrected chi connectivity index (χ4v) is 2.61. The van der Waals surface area contributed by atoms with Gasteiger partial charge < -0.3 is 14.9 Å². The van der Waals surface area contributed by atoms with Crippen molar-refractivity contribution >= 4 is 17.5 Å². The Morgan fingerprint density at radius 3 is 2.89 bits per heavy atom. The van der Waals surface area contributed by atoms with E-state index in [9.17, 15) is 9.90 Å². The monoisotopic (exact) mass is 282 g/mol. The molecule has 1 saturated heterocycles. The molecule has 1 aliphatic heterocycles. The summed E-state index contributed by atoms with van der Waals surface area (Å²) in [5.74, 6) is -0.0404. The molecule has 0 radical (unpaired) electrons. The molecule has 0 aromatic heterocycles. The summed E-state index contributed by atoms with van der Waals surface area (Å²) in [6.07, 6.45) is 2.09. The van der Waals surface area contributed by atoms with Crippen LogP contribution in [0.1, 0.15) is 23.2 Å². The Morgan fingerprint density at radius 2 is 2.21 bits per heavy atom. The maximum absolute atomic E-state index is 12.5. The van der Waals surface area contributed by atoms with Crippen molar-refractivity contribution in [3.63, 3.8) is 0 Å². The molecule has 1 aromatic carbocycles. The second kappa shape index (κ2) is 5.80. The van der Waals surface area contributed by atoms with Crippen LogP contribution in [0.15, 0.2) is 18.2 Å². The first-order valence-electron chi connectivity index (χ1n) is 6.43. The van der Waals surface area contributed by atoms with Crippen molar-refractivity contribution in [2.45, 2.75) is 18.9 Å². The predicted molar refractivity (Wildman–Crippen MR) is 75.7 cm³/mol. The second-order valence-electron chi connectivity index (χ2n) is 5.17. The Morgan fingerprint density at radius 1 is 1.47 bits per heavy atom. The lowest BCUT2D eigenvalue weighted by atomic mass is 10.0. The van der Waals surface area contributed by atoms with Crippen LogP contribution in [0.4, 0.5) is 0 Å². The van der Waals surface area contributed by atoms with Gasteiger partial charge in [0, 0.05) is 19.1 Å². The van der Waals surface area contributed by atoms with Crippen LogP contribution in [-0.4, -0.2) is 54.0 Å². The number of likely N-dealkylation sites (N-methyl/N-ethyl adjacent to an activating group) is 1.